The van der Waals surface area contributed by atoms with Crippen LogP contribution in [0.2, 0.25) is 0 Å². The second-order valence-corrected chi connectivity index (χ2v) is 4.55. The van der Waals surface area contributed by atoms with Gasteiger partial charge in [0.1, 0.15) is 0 Å². The van der Waals surface area contributed by atoms with E-state index in [0.717, 1.165) is 24.5 Å². The van der Waals surface area contributed by atoms with E-state index in [9.17, 15) is 0 Å². The van der Waals surface area contributed by atoms with Crippen molar-refractivity contribution in [2.75, 3.05) is 19.9 Å². The summed E-state index contributed by atoms with van der Waals surface area (Å²) in [5, 5.41) is 12.5. The number of fused-ring (bicyclic) bond motifs is 1. The lowest BCUT2D eigenvalue weighted by Crippen LogP contribution is -2.44. The van der Waals surface area contributed by atoms with Gasteiger partial charge in [-0.15, -0.1) is 0 Å². The molecule has 1 aromatic carbocycles. The molecule has 1 aromatic rings. The summed E-state index contributed by atoms with van der Waals surface area (Å²) in [6, 6.07) is 4.52. The van der Waals surface area contributed by atoms with Crippen LogP contribution in [-0.4, -0.2) is 31.1 Å². The van der Waals surface area contributed by atoms with Crippen LogP contribution in [0.5, 0.6) is 11.5 Å². The van der Waals surface area contributed by atoms with Crippen molar-refractivity contribution in [3.63, 3.8) is 0 Å². The van der Waals surface area contributed by atoms with Crippen molar-refractivity contribution in [1.82, 2.24) is 5.32 Å². The zero-order chi connectivity index (χ0) is 11.7. The van der Waals surface area contributed by atoms with E-state index in [1.165, 1.54) is 17.5 Å². The first-order chi connectivity index (χ1) is 8.38. The van der Waals surface area contributed by atoms with Crippen molar-refractivity contribution in [3.05, 3.63) is 23.3 Å². The van der Waals surface area contributed by atoms with Crippen LogP contribution in [0, 0.1) is 0 Å². The minimum atomic E-state index is 0.171. The van der Waals surface area contributed by atoms with E-state index in [4.69, 9.17) is 14.6 Å². The third-order valence-corrected chi connectivity index (χ3v) is 3.50. The molecule has 4 heteroatoms. The van der Waals surface area contributed by atoms with Crippen LogP contribution in [0.25, 0.3) is 0 Å². The highest BCUT2D eigenvalue weighted by atomic mass is 16.7. The first-order valence-electron chi connectivity index (χ1n) is 6.13. The Balaban J connectivity index is 1.92. The summed E-state index contributed by atoms with van der Waals surface area (Å²) in [6.07, 6.45) is 2.85. The van der Waals surface area contributed by atoms with Crippen LogP contribution >= 0.6 is 0 Å². The van der Waals surface area contributed by atoms with Gasteiger partial charge in [-0.2, -0.15) is 0 Å². The molecule has 0 saturated carbocycles. The van der Waals surface area contributed by atoms with Gasteiger partial charge < -0.3 is 19.9 Å². The normalized spacial score (nSPS) is 21.4. The molecule has 0 radical (unpaired) electrons. The number of hydrogen-bond donors (Lipinski definition) is 2. The first-order valence-corrected chi connectivity index (χ1v) is 6.13. The van der Waals surface area contributed by atoms with E-state index in [0.29, 0.717) is 19.3 Å². The SMILES string of the molecule is OCCc1ccc2c(c1CC1CCN1)OCO2. The molecule has 1 saturated heterocycles. The molecule has 92 valence electrons. The molecule has 2 N–H and O–H groups in total. The lowest BCUT2D eigenvalue weighted by molar-refractivity contribution is 0.173. The van der Waals surface area contributed by atoms with E-state index in [1.54, 1.807) is 0 Å². The Kier molecular flexibility index (Phi) is 2.91. The predicted molar refractivity (Wildman–Crippen MR) is 63.5 cm³/mol. The predicted octanol–water partition coefficient (Wildman–Crippen LogP) is 0.854. The smallest absolute Gasteiger partial charge is 0.231 e. The molecule has 1 fully saturated rings. The van der Waals surface area contributed by atoms with E-state index >= 15 is 0 Å². The van der Waals surface area contributed by atoms with Crippen molar-refractivity contribution in [3.8, 4) is 11.5 Å². The van der Waals surface area contributed by atoms with Crippen molar-refractivity contribution < 1.29 is 14.6 Å². The summed E-state index contributed by atoms with van der Waals surface area (Å²) < 4.78 is 11.0. The Bertz CT molecular complexity index is 415. The van der Waals surface area contributed by atoms with Crippen LogP contribution in [0.15, 0.2) is 12.1 Å². The van der Waals surface area contributed by atoms with Gasteiger partial charge in [0, 0.05) is 18.2 Å². The van der Waals surface area contributed by atoms with E-state index < -0.39 is 0 Å². The van der Waals surface area contributed by atoms with Gasteiger partial charge in [0.25, 0.3) is 0 Å². The summed E-state index contributed by atoms with van der Waals surface area (Å²) in [4.78, 5) is 0. The summed E-state index contributed by atoms with van der Waals surface area (Å²) in [5.41, 5.74) is 2.37. The average molecular weight is 235 g/mol. The molecule has 17 heavy (non-hydrogen) atoms. The molecule has 3 rings (SSSR count). The lowest BCUT2D eigenvalue weighted by atomic mass is 9.93. The fraction of sp³-hybridized carbons (Fsp3) is 0.538. The highest BCUT2D eigenvalue weighted by molar-refractivity contribution is 5.52. The molecule has 2 aliphatic rings. The molecule has 2 aliphatic heterocycles. The number of nitrogens with one attached hydrogen (secondary N) is 1. The van der Waals surface area contributed by atoms with Gasteiger partial charge in [-0.25, -0.2) is 0 Å². The Labute approximate surface area is 101 Å². The molecule has 2 heterocycles. The van der Waals surface area contributed by atoms with E-state index in [-0.39, 0.29) is 6.61 Å². The van der Waals surface area contributed by atoms with Gasteiger partial charge in [0.05, 0.1) is 0 Å². The first kappa shape index (κ1) is 10.9. The Morgan fingerprint density at radius 1 is 1.35 bits per heavy atom. The molecule has 0 spiro atoms. The van der Waals surface area contributed by atoms with Crippen LogP contribution in [0.3, 0.4) is 0 Å². The highest BCUT2D eigenvalue weighted by Gasteiger charge is 2.25. The number of hydrogen-bond acceptors (Lipinski definition) is 4. The fourth-order valence-electron chi connectivity index (χ4n) is 2.42. The van der Waals surface area contributed by atoms with Crippen molar-refractivity contribution in [2.45, 2.75) is 25.3 Å². The maximum absolute atomic E-state index is 9.11. The molecular formula is C13H17NO3. The minimum absolute atomic E-state index is 0.171. The zero-order valence-electron chi connectivity index (χ0n) is 9.74. The van der Waals surface area contributed by atoms with Gasteiger partial charge in [-0.3, -0.25) is 0 Å². The van der Waals surface area contributed by atoms with Crippen molar-refractivity contribution >= 4 is 0 Å². The number of benzene rings is 1. The molecular weight excluding hydrogens is 218 g/mol. The van der Waals surface area contributed by atoms with Crippen LogP contribution in [0.1, 0.15) is 17.5 Å². The molecule has 0 amide bonds. The molecule has 0 aromatic heterocycles. The van der Waals surface area contributed by atoms with Gasteiger partial charge in [0.15, 0.2) is 11.5 Å². The number of ether oxygens (including phenoxy) is 2. The Hall–Kier alpha value is -1.26. The molecule has 1 unspecified atom stereocenters. The maximum Gasteiger partial charge on any atom is 0.231 e. The second-order valence-electron chi connectivity index (χ2n) is 4.55. The van der Waals surface area contributed by atoms with Gasteiger partial charge in [-0.05, 0) is 37.4 Å². The van der Waals surface area contributed by atoms with Crippen LogP contribution < -0.4 is 14.8 Å². The van der Waals surface area contributed by atoms with Gasteiger partial charge in [0.2, 0.25) is 6.79 Å². The maximum atomic E-state index is 9.11. The topological polar surface area (TPSA) is 50.7 Å². The average Bonchev–Trinajstić information content (AvgIpc) is 2.73. The number of rotatable bonds is 4. The summed E-state index contributed by atoms with van der Waals surface area (Å²) in [7, 11) is 0. The largest absolute Gasteiger partial charge is 0.454 e. The summed E-state index contributed by atoms with van der Waals surface area (Å²) in [5.74, 6) is 1.71. The molecule has 0 bridgehead atoms. The van der Waals surface area contributed by atoms with E-state index in [2.05, 4.69) is 5.32 Å². The fourth-order valence-corrected chi connectivity index (χ4v) is 2.42. The third-order valence-electron chi connectivity index (χ3n) is 3.50. The van der Waals surface area contributed by atoms with Crippen LogP contribution in [-0.2, 0) is 12.8 Å². The summed E-state index contributed by atoms with van der Waals surface area (Å²) >= 11 is 0. The zero-order valence-corrected chi connectivity index (χ0v) is 9.74. The monoisotopic (exact) mass is 235 g/mol. The Morgan fingerprint density at radius 2 is 2.24 bits per heavy atom. The van der Waals surface area contributed by atoms with Crippen molar-refractivity contribution in [2.24, 2.45) is 0 Å². The number of aliphatic hydroxyl groups is 1. The lowest BCUT2D eigenvalue weighted by Gasteiger charge is -2.28. The van der Waals surface area contributed by atoms with Crippen LogP contribution in [0.4, 0.5) is 0 Å². The Morgan fingerprint density at radius 3 is 2.94 bits per heavy atom. The van der Waals surface area contributed by atoms with E-state index in [1.807, 2.05) is 12.1 Å². The molecule has 0 aliphatic carbocycles. The number of aliphatic hydroxyl groups excluding tert-OH is 1. The highest BCUT2D eigenvalue weighted by Crippen LogP contribution is 2.38. The van der Waals surface area contributed by atoms with Crippen molar-refractivity contribution in [1.29, 1.82) is 0 Å². The standard InChI is InChI=1S/C13H17NO3/c15-6-4-9-1-2-12-13(17-8-16-12)11(9)7-10-3-5-14-10/h1-2,10,14-15H,3-8H2. The summed E-state index contributed by atoms with van der Waals surface area (Å²) in [6.45, 7) is 1.58. The third kappa shape index (κ3) is 1.98. The van der Waals surface area contributed by atoms with Gasteiger partial charge in [-0.1, -0.05) is 6.07 Å². The second kappa shape index (κ2) is 4.55. The minimum Gasteiger partial charge on any atom is -0.454 e. The molecule has 4 nitrogen and oxygen atoms in total. The quantitative estimate of drug-likeness (QED) is 0.812. The molecule has 1 atom stereocenters. The van der Waals surface area contributed by atoms with Gasteiger partial charge >= 0.3 is 0 Å².